The Morgan fingerprint density at radius 2 is 1.96 bits per heavy atom. The van der Waals surface area contributed by atoms with E-state index in [1.54, 1.807) is 6.26 Å². The first-order chi connectivity index (χ1) is 10.5. The third-order valence-electron chi connectivity index (χ3n) is 3.52. The Balaban J connectivity index is 2.62. The number of carbonyl (C=O) groups excluding carboxylic acids is 1. The summed E-state index contributed by atoms with van der Waals surface area (Å²) in [7, 11) is 0. The molecule has 0 fully saturated rings. The van der Waals surface area contributed by atoms with Crippen LogP contribution in [0.15, 0.2) is 16.7 Å². The predicted molar refractivity (Wildman–Crippen MR) is 92.4 cm³/mol. The number of nitrogens with one attached hydrogen (secondary N) is 2. The molecule has 5 nitrogen and oxygen atoms in total. The summed E-state index contributed by atoms with van der Waals surface area (Å²) < 4.78 is 10.8. The van der Waals surface area contributed by atoms with Gasteiger partial charge in [0.05, 0.1) is 12.8 Å². The van der Waals surface area contributed by atoms with Gasteiger partial charge in [-0.2, -0.15) is 0 Å². The molecular formula is C18H32N2O3. The van der Waals surface area contributed by atoms with Crippen LogP contribution in [-0.4, -0.2) is 23.8 Å². The van der Waals surface area contributed by atoms with Crippen LogP contribution < -0.4 is 10.6 Å². The number of hydrogen-bond donors (Lipinski definition) is 2. The van der Waals surface area contributed by atoms with E-state index in [1.807, 2.05) is 33.8 Å². The summed E-state index contributed by atoms with van der Waals surface area (Å²) in [5.41, 5.74) is 0.408. The highest BCUT2D eigenvalue weighted by Crippen LogP contribution is 2.18. The minimum absolute atomic E-state index is 0.232. The van der Waals surface area contributed by atoms with E-state index in [0.29, 0.717) is 19.0 Å². The molecule has 1 atom stereocenters. The van der Waals surface area contributed by atoms with E-state index in [9.17, 15) is 4.79 Å². The van der Waals surface area contributed by atoms with Crippen molar-refractivity contribution in [1.82, 2.24) is 10.6 Å². The number of hydrogen-bond acceptors (Lipinski definition) is 4. The molecule has 0 radical (unpaired) electrons. The van der Waals surface area contributed by atoms with Crippen LogP contribution in [0.2, 0.25) is 0 Å². The zero-order valence-electron chi connectivity index (χ0n) is 15.6. The number of ether oxygens (including phenoxy) is 1. The Bertz CT molecular complexity index is 503. The lowest BCUT2D eigenvalue weighted by molar-refractivity contribution is 0.0507. The van der Waals surface area contributed by atoms with Gasteiger partial charge in [-0.15, -0.1) is 0 Å². The average molecular weight is 324 g/mol. The average Bonchev–Trinajstić information content (AvgIpc) is 2.77. The molecule has 0 aromatic carbocycles. The first kappa shape index (κ1) is 19.6. The van der Waals surface area contributed by atoms with Gasteiger partial charge in [-0.1, -0.05) is 13.8 Å². The van der Waals surface area contributed by atoms with Crippen molar-refractivity contribution in [3.05, 3.63) is 23.7 Å². The highest BCUT2D eigenvalue weighted by molar-refractivity contribution is 5.67. The minimum Gasteiger partial charge on any atom is -0.468 e. The third kappa shape index (κ3) is 7.55. The molecule has 0 aliphatic rings. The Morgan fingerprint density at radius 3 is 2.43 bits per heavy atom. The van der Waals surface area contributed by atoms with Gasteiger partial charge in [0.1, 0.15) is 11.4 Å². The van der Waals surface area contributed by atoms with Gasteiger partial charge in [-0.3, -0.25) is 0 Å². The van der Waals surface area contributed by atoms with E-state index in [2.05, 4.69) is 31.4 Å². The van der Waals surface area contributed by atoms with Crippen LogP contribution in [0.25, 0.3) is 0 Å². The second kappa shape index (κ2) is 7.86. The highest BCUT2D eigenvalue weighted by atomic mass is 16.6. The van der Waals surface area contributed by atoms with Crippen molar-refractivity contribution in [3.63, 3.8) is 0 Å². The summed E-state index contributed by atoms with van der Waals surface area (Å²) in [4.78, 5) is 11.9. The SMILES string of the molecule is Cc1ccoc1CNC(C)(CNC(=O)OC(C)(C)C)CC(C)C. The molecule has 23 heavy (non-hydrogen) atoms. The quantitative estimate of drug-likeness (QED) is 0.795. The molecule has 1 aromatic rings. The summed E-state index contributed by atoms with van der Waals surface area (Å²) in [6.45, 7) is 15.2. The van der Waals surface area contributed by atoms with E-state index >= 15 is 0 Å². The van der Waals surface area contributed by atoms with Gasteiger partial charge in [-0.05, 0) is 58.6 Å². The van der Waals surface area contributed by atoms with Crippen LogP contribution >= 0.6 is 0 Å². The molecule has 1 heterocycles. The van der Waals surface area contributed by atoms with Crippen LogP contribution in [0.1, 0.15) is 59.3 Å². The Kier molecular flexibility index (Phi) is 6.69. The number of amides is 1. The van der Waals surface area contributed by atoms with Crippen molar-refractivity contribution >= 4 is 6.09 Å². The fourth-order valence-electron chi connectivity index (χ4n) is 2.57. The molecule has 0 aliphatic carbocycles. The zero-order valence-corrected chi connectivity index (χ0v) is 15.6. The minimum atomic E-state index is -0.489. The monoisotopic (exact) mass is 324 g/mol. The van der Waals surface area contributed by atoms with E-state index in [1.165, 1.54) is 0 Å². The van der Waals surface area contributed by atoms with Crippen LogP contribution in [0.3, 0.4) is 0 Å². The highest BCUT2D eigenvalue weighted by Gasteiger charge is 2.27. The summed E-state index contributed by atoms with van der Waals surface area (Å²) in [5.74, 6) is 1.43. The molecule has 1 aromatic heterocycles. The second-order valence-electron chi connectivity index (χ2n) is 7.89. The molecule has 1 rings (SSSR count). The lowest BCUT2D eigenvalue weighted by Crippen LogP contribution is -2.52. The summed E-state index contributed by atoms with van der Waals surface area (Å²) in [5, 5.41) is 6.40. The van der Waals surface area contributed by atoms with Crippen molar-refractivity contribution in [3.8, 4) is 0 Å². The van der Waals surface area contributed by atoms with E-state index in [4.69, 9.17) is 9.15 Å². The fraction of sp³-hybridized carbons (Fsp3) is 0.722. The van der Waals surface area contributed by atoms with Crippen LogP contribution in [-0.2, 0) is 11.3 Å². The molecule has 0 saturated carbocycles. The van der Waals surface area contributed by atoms with Gasteiger partial charge in [0, 0.05) is 12.1 Å². The van der Waals surface area contributed by atoms with Gasteiger partial charge < -0.3 is 19.8 Å². The van der Waals surface area contributed by atoms with Crippen molar-refractivity contribution in [2.24, 2.45) is 5.92 Å². The first-order valence-corrected chi connectivity index (χ1v) is 8.25. The normalized spacial score (nSPS) is 14.6. The number of aryl methyl sites for hydroxylation is 1. The van der Waals surface area contributed by atoms with E-state index < -0.39 is 5.60 Å². The smallest absolute Gasteiger partial charge is 0.407 e. The second-order valence-corrected chi connectivity index (χ2v) is 7.89. The molecule has 0 bridgehead atoms. The van der Waals surface area contributed by atoms with Crippen LogP contribution in [0.5, 0.6) is 0 Å². The molecule has 1 unspecified atom stereocenters. The first-order valence-electron chi connectivity index (χ1n) is 8.25. The summed E-state index contributed by atoms with van der Waals surface area (Å²) >= 11 is 0. The van der Waals surface area contributed by atoms with Gasteiger partial charge >= 0.3 is 6.09 Å². The zero-order chi connectivity index (χ0) is 17.7. The number of rotatable bonds is 7. The number of alkyl carbamates (subject to hydrolysis) is 1. The third-order valence-corrected chi connectivity index (χ3v) is 3.52. The molecular weight excluding hydrogens is 292 g/mol. The number of carbonyl (C=O) groups is 1. The number of furan rings is 1. The predicted octanol–water partition coefficient (Wildman–Crippen LogP) is 4.01. The summed E-state index contributed by atoms with van der Waals surface area (Å²) in [6.07, 6.45) is 2.25. The van der Waals surface area contributed by atoms with Crippen molar-refractivity contribution < 1.29 is 13.9 Å². The molecule has 0 saturated heterocycles. The Morgan fingerprint density at radius 1 is 1.30 bits per heavy atom. The fourth-order valence-corrected chi connectivity index (χ4v) is 2.57. The molecule has 0 spiro atoms. The van der Waals surface area contributed by atoms with E-state index in [-0.39, 0.29) is 11.6 Å². The van der Waals surface area contributed by atoms with Crippen LogP contribution in [0, 0.1) is 12.8 Å². The van der Waals surface area contributed by atoms with Crippen LogP contribution in [0.4, 0.5) is 4.79 Å². The standard InChI is InChI=1S/C18H32N2O3/c1-13(2)10-18(7,12-19-16(21)23-17(4,5)6)20-11-15-14(3)8-9-22-15/h8-9,13,20H,10-12H2,1-7H3,(H,19,21). The molecule has 132 valence electrons. The largest absolute Gasteiger partial charge is 0.468 e. The molecule has 2 N–H and O–H groups in total. The lowest BCUT2D eigenvalue weighted by Gasteiger charge is -2.33. The summed E-state index contributed by atoms with van der Waals surface area (Å²) in [6, 6.07) is 1.95. The topological polar surface area (TPSA) is 63.5 Å². The molecule has 0 aliphatic heterocycles. The maximum atomic E-state index is 11.9. The Hall–Kier alpha value is -1.49. The van der Waals surface area contributed by atoms with Gasteiger partial charge in [-0.25, -0.2) is 4.79 Å². The molecule has 1 amide bonds. The Labute approximate surface area is 140 Å². The van der Waals surface area contributed by atoms with Crippen molar-refractivity contribution in [1.29, 1.82) is 0 Å². The van der Waals surface area contributed by atoms with E-state index in [0.717, 1.165) is 17.7 Å². The molecule has 5 heteroatoms. The van der Waals surface area contributed by atoms with Crippen molar-refractivity contribution in [2.75, 3.05) is 6.54 Å². The van der Waals surface area contributed by atoms with Gasteiger partial charge in [0.2, 0.25) is 0 Å². The lowest BCUT2D eigenvalue weighted by atomic mass is 9.90. The maximum Gasteiger partial charge on any atom is 0.407 e. The maximum absolute atomic E-state index is 11.9. The van der Waals surface area contributed by atoms with Gasteiger partial charge in [0.15, 0.2) is 0 Å². The van der Waals surface area contributed by atoms with Crippen molar-refractivity contribution in [2.45, 2.75) is 72.6 Å². The van der Waals surface area contributed by atoms with Gasteiger partial charge in [0.25, 0.3) is 0 Å².